The summed E-state index contributed by atoms with van der Waals surface area (Å²) in [5.74, 6) is 0. The van der Waals surface area contributed by atoms with Crippen molar-refractivity contribution in [2.75, 3.05) is 0 Å². The van der Waals surface area contributed by atoms with Gasteiger partial charge in [0, 0.05) is 18.8 Å². The van der Waals surface area contributed by atoms with Crippen LogP contribution in [0.25, 0.3) is 11.3 Å². The molecule has 0 saturated carbocycles. The number of nitrogens with zero attached hydrogens (tertiary/aromatic N) is 3. The van der Waals surface area contributed by atoms with E-state index in [1.54, 1.807) is 10.9 Å². The summed E-state index contributed by atoms with van der Waals surface area (Å²) in [5, 5.41) is 11.5. The van der Waals surface area contributed by atoms with E-state index in [4.69, 9.17) is 11.6 Å². The van der Waals surface area contributed by atoms with Crippen LogP contribution in [0.3, 0.4) is 0 Å². The summed E-state index contributed by atoms with van der Waals surface area (Å²) in [4.78, 5) is 0. The molecular weight excluding hydrogens is 188 g/mol. The van der Waals surface area contributed by atoms with Crippen molar-refractivity contribution in [2.45, 2.75) is 6.92 Å². The highest BCUT2D eigenvalue weighted by molar-refractivity contribution is 6.32. The highest BCUT2D eigenvalue weighted by Crippen LogP contribution is 2.26. The standard InChI is InChI=1S/C8H9ClN4/c1-5-6(4-13(2)12-5)8-7(9)3-10-11-8/h3-4H,1-2H3,(H,10,11). The summed E-state index contributed by atoms with van der Waals surface area (Å²) in [6, 6.07) is 0. The molecule has 0 spiro atoms. The lowest BCUT2D eigenvalue weighted by Gasteiger charge is -1.93. The molecule has 0 radical (unpaired) electrons. The minimum atomic E-state index is 0.621. The maximum absolute atomic E-state index is 5.92. The fourth-order valence-electron chi connectivity index (χ4n) is 1.31. The van der Waals surface area contributed by atoms with E-state index >= 15 is 0 Å². The molecule has 68 valence electrons. The van der Waals surface area contributed by atoms with Crippen molar-refractivity contribution in [3.8, 4) is 11.3 Å². The first kappa shape index (κ1) is 8.31. The summed E-state index contributed by atoms with van der Waals surface area (Å²) in [6.45, 7) is 1.94. The number of nitrogens with one attached hydrogen (secondary N) is 1. The highest BCUT2D eigenvalue weighted by Gasteiger charge is 2.10. The van der Waals surface area contributed by atoms with Crippen molar-refractivity contribution in [2.24, 2.45) is 7.05 Å². The van der Waals surface area contributed by atoms with Crippen LogP contribution in [0.15, 0.2) is 12.4 Å². The van der Waals surface area contributed by atoms with Gasteiger partial charge in [-0.25, -0.2) is 0 Å². The SMILES string of the molecule is Cc1nn(C)cc1-c1[nH]ncc1Cl. The average molecular weight is 197 g/mol. The van der Waals surface area contributed by atoms with Gasteiger partial charge < -0.3 is 0 Å². The topological polar surface area (TPSA) is 46.5 Å². The van der Waals surface area contributed by atoms with Crippen molar-refractivity contribution in [1.29, 1.82) is 0 Å². The molecule has 5 heteroatoms. The van der Waals surface area contributed by atoms with Crippen LogP contribution in [0.4, 0.5) is 0 Å². The predicted molar refractivity (Wildman–Crippen MR) is 50.5 cm³/mol. The Kier molecular flexibility index (Phi) is 1.84. The lowest BCUT2D eigenvalue weighted by Crippen LogP contribution is -1.86. The summed E-state index contributed by atoms with van der Waals surface area (Å²) in [5.41, 5.74) is 2.76. The van der Waals surface area contributed by atoms with Crippen molar-refractivity contribution in [3.05, 3.63) is 23.1 Å². The van der Waals surface area contributed by atoms with Gasteiger partial charge in [-0.1, -0.05) is 11.6 Å². The second kappa shape index (κ2) is 2.88. The van der Waals surface area contributed by atoms with Gasteiger partial charge in [-0.3, -0.25) is 9.78 Å². The quantitative estimate of drug-likeness (QED) is 0.756. The van der Waals surface area contributed by atoms with Gasteiger partial charge >= 0.3 is 0 Å². The van der Waals surface area contributed by atoms with E-state index in [9.17, 15) is 0 Å². The van der Waals surface area contributed by atoms with E-state index in [0.717, 1.165) is 17.0 Å². The number of halogens is 1. The molecule has 0 aromatic carbocycles. The second-order valence-electron chi connectivity index (χ2n) is 2.89. The molecule has 0 unspecified atom stereocenters. The number of rotatable bonds is 1. The monoisotopic (exact) mass is 196 g/mol. The molecule has 0 saturated heterocycles. The number of hydrogen-bond acceptors (Lipinski definition) is 2. The molecule has 2 aromatic rings. The largest absolute Gasteiger partial charge is 0.276 e. The van der Waals surface area contributed by atoms with Gasteiger partial charge in [-0.2, -0.15) is 10.2 Å². The van der Waals surface area contributed by atoms with Crippen molar-refractivity contribution < 1.29 is 0 Å². The minimum absolute atomic E-state index is 0.621. The molecule has 0 bridgehead atoms. The summed E-state index contributed by atoms with van der Waals surface area (Å²) >= 11 is 5.92. The third kappa shape index (κ3) is 1.33. The highest BCUT2D eigenvalue weighted by atomic mass is 35.5. The lowest BCUT2D eigenvalue weighted by atomic mass is 10.2. The van der Waals surface area contributed by atoms with E-state index in [1.807, 2.05) is 20.2 Å². The van der Waals surface area contributed by atoms with Gasteiger partial charge in [0.2, 0.25) is 0 Å². The van der Waals surface area contributed by atoms with Gasteiger partial charge in [0.05, 0.1) is 22.6 Å². The van der Waals surface area contributed by atoms with Gasteiger partial charge in [0.25, 0.3) is 0 Å². The Hall–Kier alpha value is -1.29. The molecule has 0 aliphatic rings. The van der Waals surface area contributed by atoms with Crippen LogP contribution in [-0.2, 0) is 7.05 Å². The van der Waals surface area contributed by atoms with Crippen molar-refractivity contribution in [1.82, 2.24) is 20.0 Å². The molecule has 2 heterocycles. The maximum Gasteiger partial charge on any atom is 0.0871 e. The molecule has 0 aliphatic heterocycles. The zero-order chi connectivity index (χ0) is 9.42. The molecule has 2 aromatic heterocycles. The molecule has 0 atom stereocenters. The molecule has 0 fully saturated rings. The zero-order valence-corrected chi connectivity index (χ0v) is 8.13. The van der Waals surface area contributed by atoms with E-state index in [2.05, 4.69) is 15.3 Å². The Bertz CT molecular complexity index is 429. The molecular formula is C8H9ClN4. The van der Waals surface area contributed by atoms with Gasteiger partial charge in [-0.15, -0.1) is 0 Å². The summed E-state index contributed by atoms with van der Waals surface area (Å²) in [7, 11) is 1.88. The predicted octanol–water partition coefficient (Wildman–Crippen LogP) is 1.77. The second-order valence-corrected chi connectivity index (χ2v) is 3.30. The number of aromatic nitrogens is 4. The zero-order valence-electron chi connectivity index (χ0n) is 7.37. The average Bonchev–Trinajstić information content (AvgIpc) is 2.58. The van der Waals surface area contributed by atoms with Crippen LogP contribution in [-0.4, -0.2) is 20.0 Å². The first-order chi connectivity index (χ1) is 6.18. The fourth-order valence-corrected chi connectivity index (χ4v) is 1.50. The van der Waals surface area contributed by atoms with Crippen LogP contribution in [0.1, 0.15) is 5.69 Å². The fraction of sp³-hybridized carbons (Fsp3) is 0.250. The van der Waals surface area contributed by atoms with Crippen LogP contribution in [0, 0.1) is 6.92 Å². The van der Waals surface area contributed by atoms with Crippen LogP contribution >= 0.6 is 11.6 Å². The maximum atomic E-state index is 5.92. The van der Waals surface area contributed by atoms with Crippen LogP contribution in [0.5, 0.6) is 0 Å². The van der Waals surface area contributed by atoms with Gasteiger partial charge in [0.1, 0.15) is 0 Å². The molecule has 13 heavy (non-hydrogen) atoms. The van der Waals surface area contributed by atoms with E-state index in [-0.39, 0.29) is 0 Å². The van der Waals surface area contributed by atoms with Gasteiger partial charge in [-0.05, 0) is 6.92 Å². The lowest BCUT2D eigenvalue weighted by molar-refractivity contribution is 0.756. The van der Waals surface area contributed by atoms with Gasteiger partial charge in [0.15, 0.2) is 0 Å². The van der Waals surface area contributed by atoms with E-state index in [1.165, 1.54) is 0 Å². The normalized spacial score (nSPS) is 10.7. The number of aromatic amines is 1. The first-order valence-corrected chi connectivity index (χ1v) is 4.26. The molecule has 2 rings (SSSR count). The third-order valence-corrected chi connectivity index (χ3v) is 2.16. The minimum Gasteiger partial charge on any atom is -0.276 e. The molecule has 0 amide bonds. The summed E-state index contributed by atoms with van der Waals surface area (Å²) in [6.07, 6.45) is 3.50. The van der Waals surface area contributed by atoms with Crippen molar-refractivity contribution in [3.63, 3.8) is 0 Å². The third-order valence-electron chi connectivity index (χ3n) is 1.88. The smallest absolute Gasteiger partial charge is 0.0871 e. The number of hydrogen-bond donors (Lipinski definition) is 1. The molecule has 0 aliphatic carbocycles. The Morgan fingerprint density at radius 1 is 1.54 bits per heavy atom. The Morgan fingerprint density at radius 3 is 2.77 bits per heavy atom. The Labute approximate surface area is 80.5 Å². The Morgan fingerprint density at radius 2 is 2.31 bits per heavy atom. The van der Waals surface area contributed by atoms with E-state index in [0.29, 0.717) is 5.02 Å². The Balaban J connectivity index is 2.58. The summed E-state index contributed by atoms with van der Waals surface area (Å²) < 4.78 is 1.75. The van der Waals surface area contributed by atoms with Crippen LogP contribution < -0.4 is 0 Å². The van der Waals surface area contributed by atoms with Crippen molar-refractivity contribution >= 4 is 11.6 Å². The van der Waals surface area contributed by atoms with Crippen LogP contribution in [0.2, 0.25) is 5.02 Å². The first-order valence-electron chi connectivity index (χ1n) is 3.88. The number of aryl methyl sites for hydroxylation is 2. The molecule has 1 N–H and O–H groups in total. The number of H-pyrrole nitrogens is 1. The van der Waals surface area contributed by atoms with E-state index < -0.39 is 0 Å². The molecule has 4 nitrogen and oxygen atoms in total.